The predicted molar refractivity (Wildman–Crippen MR) is 72.6 cm³/mol. The van der Waals surface area contributed by atoms with E-state index in [1.807, 2.05) is 38.1 Å². The molecular formula is C14H14N4O2. The van der Waals surface area contributed by atoms with E-state index in [-0.39, 0.29) is 6.54 Å². The molecule has 2 N–H and O–H groups in total. The van der Waals surface area contributed by atoms with Crippen LogP contribution in [0.5, 0.6) is 0 Å². The van der Waals surface area contributed by atoms with Gasteiger partial charge in [0.25, 0.3) is 0 Å². The van der Waals surface area contributed by atoms with Gasteiger partial charge in [-0.15, -0.1) is 0 Å². The Morgan fingerprint density at radius 1 is 1.10 bits per heavy atom. The van der Waals surface area contributed by atoms with Crippen LogP contribution in [-0.4, -0.2) is 15.3 Å². The Bertz CT molecular complexity index is 726. The van der Waals surface area contributed by atoms with Crippen LogP contribution in [0.2, 0.25) is 0 Å². The van der Waals surface area contributed by atoms with Gasteiger partial charge in [-0.3, -0.25) is 0 Å². The quantitative estimate of drug-likeness (QED) is 0.786. The standard InChI is InChI=1S/C14H14N4O2/c1-8-13(9(2)19-17-8)10-4-3-5-11(6-10)14-16-12(7-15)20-18-14/h3-6H,7,15H2,1-2H3. The molecule has 0 saturated carbocycles. The van der Waals surface area contributed by atoms with Crippen LogP contribution < -0.4 is 5.73 Å². The highest BCUT2D eigenvalue weighted by molar-refractivity contribution is 5.72. The maximum absolute atomic E-state index is 5.47. The number of nitrogens with zero attached hydrogens (tertiary/aromatic N) is 3. The van der Waals surface area contributed by atoms with Crippen molar-refractivity contribution in [2.45, 2.75) is 20.4 Å². The summed E-state index contributed by atoms with van der Waals surface area (Å²) in [4.78, 5) is 4.22. The van der Waals surface area contributed by atoms with Gasteiger partial charge in [-0.25, -0.2) is 0 Å². The van der Waals surface area contributed by atoms with E-state index in [0.717, 1.165) is 28.1 Å². The van der Waals surface area contributed by atoms with Crippen LogP contribution in [0.15, 0.2) is 33.3 Å². The van der Waals surface area contributed by atoms with E-state index in [9.17, 15) is 0 Å². The molecule has 3 aromatic rings. The molecule has 3 rings (SSSR count). The van der Waals surface area contributed by atoms with Crippen LogP contribution in [0.4, 0.5) is 0 Å². The number of aryl methyl sites for hydroxylation is 2. The van der Waals surface area contributed by atoms with E-state index in [0.29, 0.717) is 11.7 Å². The van der Waals surface area contributed by atoms with Crippen LogP contribution >= 0.6 is 0 Å². The molecule has 0 radical (unpaired) electrons. The van der Waals surface area contributed by atoms with Gasteiger partial charge in [0.05, 0.1) is 12.2 Å². The van der Waals surface area contributed by atoms with Gasteiger partial charge in [0.1, 0.15) is 5.76 Å². The van der Waals surface area contributed by atoms with Gasteiger partial charge in [0.2, 0.25) is 11.7 Å². The highest BCUT2D eigenvalue weighted by Crippen LogP contribution is 2.29. The van der Waals surface area contributed by atoms with Crippen molar-refractivity contribution >= 4 is 0 Å². The van der Waals surface area contributed by atoms with Crippen LogP contribution in [0.1, 0.15) is 17.3 Å². The summed E-state index contributed by atoms with van der Waals surface area (Å²) < 4.78 is 10.2. The smallest absolute Gasteiger partial charge is 0.240 e. The Kier molecular flexibility index (Phi) is 3.08. The highest BCUT2D eigenvalue weighted by atomic mass is 16.5. The first kappa shape index (κ1) is 12.6. The van der Waals surface area contributed by atoms with E-state index < -0.39 is 0 Å². The fourth-order valence-electron chi connectivity index (χ4n) is 2.16. The summed E-state index contributed by atoms with van der Waals surface area (Å²) in [7, 11) is 0. The largest absolute Gasteiger partial charge is 0.361 e. The number of benzene rings is 1. The van der Waals surface area contributed by atoms with E-state index in [1.165, 1.54) is 0 Å². The molecule has 0 atom stereocenters. The van der Waals surface area contributed by atoms with Gasteiger partial charge in [-0.2, -0.15) is 4.98 Å². The summed E-state index contributed by atoms with van der Waals surface area (Å²) in [6.45, 7) is 4.04. The van der Waals surface area contributed by atoms with Gasteiger partial charge in [-0.1, -0.05) is 28.5 Å². The first-order valence-corrected chi connectivity index (χ1v) is 6.25. The number of nitrogens with two attached hydrogens (primary N) is 1. The Morgan fingerprint density at radius 3 is 2.55 bits per heavy atom. The Labute approximate surface area is 115 Å². The fourth-order valence-corrected chi connectivity index (χ4v) is 2.16. The van der Waals surface area contributed by atoms with E-state index in [4.69, 9.17) is 14.8 Å². The number of hydrogen-bond donors (Lipinski definition) is 1. The molecule has 0 aliphatic carbocycles. The zero-order valence-corrected chi connectivity index (χ0v) is 11.3. The molecule has 1 aromatic carbocycles. The van der Waals surface area contributed by atoms with Gasteiger partial charge >= 0.3 is 0 Å². The average molecular weight is 270 g/mol. The van der Waals surface area contributed by atoms with Gasteiger partial charge in [-0.05, 0) is 25.5 Å². The lowest BCUT2D eigenvalue weighted by molar-refractivity contribution is 0.380. The number of aromatic nitrogens is 3. The van der Waals surface area contributed by atoms with Crippen LogP contribution in [-0.2, 0) is 6.54 Å². The summed E-state index contributed by atoms with van der Waals surface area (Å²) >= 11 is 0. The Balaban J connectivity index is 2.06. The minimum atomic E-state index is 0.233. The molecule has 0 aliphatic heterocycles. The summed E-state index contributed by atoms with van der Waals surface area (Å²) in [5, 5.41) is 7.89. The van der Waals surface area contributed by atoms with Crippen LogP contribution in [0, 0.1) is 13.8 Å². The van der Waals surface area contributed by atoms with Crippen molar-refractivity contribution < 1.29 is 9.05 Å². The normalized spacial score (nSPS) is 10.9. The molecule has 102 valence electrons. The van der Waals surface area contributed by atoms with Crippen molar-refractivity contribution in [1.82, 2.24) is 15.3 Å². The zero-order valence-electron chi connectivity index (χ0n) is 11.3. The maximum Gasteiger partial charge on any atom is 0.240 e. The van der Waals surface area contributed by atoms with Crippen molar-refractivity contribution in [2.75, 3.05) is 0 Å². The van der Waals surface area contributed by atoms with Crippen molar-refractivity contribution in [3.05, 3.63) is 41.6 Å². The lowest BCUT2D eigenvalue weighted by atomic mass is 10.0. The SMILES string of the molecule is Cc1noc(C)c1-c1cccc(-c2noc(CN)n2)c1. The maximum atomic E-state index is 5.47. The van der Waals surface area contributed by atoms with Crippen LogP contribution in [0.3, 0.4) is 0 Å². The Morgan fingerprint density at radius 2 is 1.90 bits per heavy atom. The molecular weight excluding hydrogens is 256 g/mol. The lowest BCUT2D eigenvalue weighted by Crippen LogP contribution is -1.95. The molecule has 6 heteroatoms. The minimum absolute atomic E-state index is 0.233. The summed E-state index contributed by atoms with van der Waals surface area (Å²) in [6, 6.07) is 7.85. The first-order chi connectivity index (χ1) is 9.69. The number of hydrogen-bond acceptors (Lipinski definition) is 6. The van der Waals surface area contributed by atoms with Gasteiger partial charge in [0, 0.05) is 11.1 Å². The first-order valence-electron chi connectivity index (χ1n) is 6.25. The molecule has 0 saturated heterocycles. The summed E-state index contributed by atoms with van der Waals surface area (Å²) in [6.07, 6.45) is 0. The molecule has 20 heavy (non-hydrogen) atoms. The second kappa shape index (κ2) is 4.90. The molecule has 0 amide bonds. The van der Waals surface area contributed by atoms with Gasteiger partial charge < -0.3 is 14.8 Å². The minimum Gasteiger partial charge on any atom is -0.361 e. The number of rotatable bonds is 3. The average Bonchev–Trinajstić information content (AvgIpc) is 3.06. The topological polar surface area (TPSA) is 91.0 Å². The molecule has 0 fully saturated rings. The second-order valence-corrected chi connectivity index (χ2v) is 4.50. The fraction of sp³-hybridized carbons (Fsp3) is 0.214. The second-order valence-electron chi connectivity index (χ2n) is 4.50. The van der Waals surface area contributed by atoms with E-state index >= 15 is 0 Å². The zero-order chi connectivity index (χ0) is 14.1. The molecule has 0 aliphatic rings. The highest BCUT2D eigenvalue weighted by Gasteiger charge is 2.13. The lowest BCUT2D eigenvalue weighted by Gasteiger charge is -2.02. The van der Waals surface area contributed by atoms with Crippen molar-refractivity contribution in [2.24, 2.45) is 5.73 Å². The summed E-state index contributed by atoms with van der Waals surface area (Å²) in [5.41, 5.74) is 9.20. The molecule has 2 aromatic heterocycles. The summed E-state index contributed by atoms with van der Waals surface area (Å²) in [5.74, 6) is 1.73. The third-order valence-electron chi connectivity index (χ3n) is 3.09. The molecule has 6 nitrogen and oxygen atoms in total. The Hall–Kier alpha value is -2.47. The molecule has 2 heterocycles. The third kappa shape index (κ3) is 2.10. The van der Waals surface area contributed by atoms with Crippen molar-refractivity contribution in [3.63, 3.8) is 0 Å². The van der Waals surface area contributed by atoms with E-state index in [2.05, 4.69) is 15.3 Å². The third-order valence-corrected chi connectivity index (χ3v) is 3.09. The monoisotopic (exact) mass is 270 g/mol. The molecule has 0 unspecified atom stereocenters. The molecule has 0 bridgehead atoms. The van der Waals surface area contributed by atoms with Crippen molar-refractivity contribution in [1.29, 1.82) is 0 Å². The molecule has 0 spiro atoms. The van der Waals surface area contributed by atoms with E-state index in [1.54, 1.807) is 0 Å². The van der Waals surface area contributed by atoms with Crippen LogP contribution in [0.25, 0.3) is 22.5 Å². The predicted octanol–water partition coefficient (Wildman–Crippen LogP) is 2.47. The van der Waals surface area contributed by atoms with Gasteiger partial charge in [0.15, 0.2) is 0 Å². The van der Waals surface area contributed by atoms with Crippen molar-refractivity contribution in [3.8, 4) is 22.5 Å².